The molecule has 134 valence electrons. The lowest BCUT2D eigenvalue weighted by atomic mass is 10.2. The largest absolute Gasteiger partial charge is 0.378 e. The fourth-order valence-corrected chi connectivity index (χ4v) is 3.64. The van der Waals surface area contributed by atoms with Crippen LogP contribution in [-0.2, 0) is 4.79 Å². The van der Waals surface area contributed by atoms with Crippen molar-refractivity contribution >= 4 is 51.9 Å². The molecule has 1 aromatic heterocycles. The second-order valence-electron chi connectivity index (χ2n) is 6.09. The number of amides is 1. The zero-order chi connectivity index (χ0) is 18.8. The third kappa shape index (κ3) is 4.03. The summed E-state index contributed by atoms with van der Waals surface area (Å²) < 4.78 is 0.425. The molecule has 0 unspecified atom stereocenters. The van der Waals surface area contributed by atoms with Crippen LogP contribution in [0.1, 0.15) is 17.0 Å². The molecule has 2 aromatic rings. The molecule has 0 atom stereocenters. The topological polar surface area (TPSA) is 61.4 Å². The van der Waals surface area contributed by atoms with Crippen molar-refractivity contribution in [3.63, 3.8) is 0 Å². The van der Waals surface area contributed by atoms with Gasteiger partial charge in [-0.3, -0.25) is 10.2 Å². The zero-order valence-electron chi connectivity index (χ0n) is 15.0. The maximum atomic E-state index is 12.7. The van der Waals surface area contributed by atoms with E-state index in [4.69, 9.17) is 12.2 Å². The van der Waals surface area contributed by atoms with E-state index < -0.39 is 0 Å². The highest BCUT2D eigenvalue weighted by molar-refractivity contribution is 8.26. The molecule has 0 spiro atoms. The number of hydrogen-bond donors (Lipinski definition) is 1. The summed E-state index contributed by atoms with van der Waals surface area (Å²) in [6.45, 7) is 3.75. The summed E-state index contributed by atoms with van der Waals surface area (Å²) in [6.07, 6.45) is 1.84. The minimum atomic E-state index is -0.209. The number of carbonyl (C=O) groups is 1. The molecule has 1 aromatic carbocycles. The van der Waals surface area contributed by atoms with E-state index >= 15 is 0 Å². The van der Waals surface area contributed by atoms with Gasteiger partial charge < -0.3 is 4.90 Å². The van der Waals surface area contributed by atoms with E-state index in [1.54, 1.807) is 0 Å². The van der Waals surface area contributed by atoms with Gasteiger partial charge >= 0.3 is 0 Å². The molecule has 1 N–H and O–H groups in total. The van der Waals surface area contributed by atoms with Crippen molar-refractivity contribution in [2.24, 2.45) is 0 Å². The summed E-state index contributed by atoms with van der Waals surface area (Å²) in [5.74, 6) is 0.148. The molecule has 1 aliphatic heterocycles. The minimum absolute atomic E-state index is 0.209. The first-order chi connectivity index (χ1) is 12.3. The Bertz CT molecular complexity index is 873. The first-order valence-corrected chi connectivity index (χ1v) is 9.20. The molecule has 1 amide bonds. The van der Waals surface area contributed by atoms with Crippen LogP contribution in [0.25, 0.3) is 6.08 Å². The number of aromatic nitrogens is 2. The molecule has 26 heavy (non-hydrogen) atoms. The Balaban J connectivity index is 1.79. The number of benzene rings is 1. The molecule has 0 aliphatic carbocycles. The third-order valence-corrected chi connectivity index (χ3v) is 5.00. The predicted octanol–water partition coefficient (Wildman–Crippen LogP) is 3.39. The number of thioether (sulfide) groups is 1. The van der Waals surface area contributed by atoms with E-state index in [0.29, 0.717) is 15.2 Å². The van der Waals surface area contributed by atoms with Crippen LogP contribution in [0.4, 0.5) is 11.6 Å². The van der Waals surface area contributed by atoms with Crippen LogP contribution < -0.4 is 10.3 Å². The van der Waals surface area contributed by atoms with Gasteiger partial charge in [0.2, 0.25) is 5.95 Å². The lowest BCUT2D eigenvalue weighted by Crippen LogP contribution is -2.34. The Morgan fingerprint density at radius 1 is 1.15 bits per heavy atom. The Morgan fingerprint density at radius 2 is 1.77 bits per heavy atom. The van der Waals surface area contributed by atoms with Crippen LogP contribution in [0.2, 0.25) is 0 Å². The van der Waals surface area contributed by atoms with Gasteiger partial charge in [-0.15, -0.1) is 0 Å². The van der Waals surface area contributed by atoms with Crippen molar-refractivity contribution in [2.45, 2.75) is 13.8 Å². The van der Waals surface area contributed by atoms with E-state index in [2.05, 4.69) is 15.4 Å². The van der Waals surface area contributed by atoms with Crippen molar-refractivity contribution < 1.29 is 4.79 Å². The van der Waals surface area contributed by atoms with Crippen LogP contribution in [0.15, 0.2) is 35.2 Å². The molecule has 0 saturated carbocycles. The first kappa shape index (κ1) is 18.3. The smallest absolute Gasteiger partial charge is 0.285 e. The fourth-order valence-electron chi connectivity index (χ4n) is 2.46. The number of anilines is 2. The van der Waals surface area contributed by atoms with Gasteiger partial charge in [0, 0.05) is 31.2 Å². The average molecular weight is 386 g/mol. The zero-order valence-corrected chi connectivity index (χ0v) is 16.6. The van der Waals surface area contributed by atoms with Gasteiger partial charge in [-0.1, -0.05) is 23.9 Å². The van der Waals surface area contributed by atoms with Crippen LogP contribution in [0, 0.1) is 13.8 Å². The number of thiocarbonyl (C=S) groups is 1. The number of nitrogens with one attached hydrogen (secondary N) is 1. The Kier molecular flexibility index (Phi) is 5.24. The van der Waals surface area contributed by atoms with Crippen molar-refractivity contribution in [1.29, 1.82) is 0 Å². The van der Waals surface area contributed by atoms with Crippen LogP contribution >= 0.6 is 24.0 Å². The van der Waals surface area contributed by atoms with Gasteiger partial charge in [-0.2, -0.15) is 5.01 Å². The number of hydrogen-bond acceptors (Lipinski definition) is 7. The summed E-state index contributed by atoms with van der Waals surface area (Å²) in [4.78, 5) is 23.9. The number of carbonyl (C=O) groups excluding carboxylic acids is 1. The maximum Gasteiger partial charge on any atom is 0.285 e. The number of aryl methyl sites for hydroxylation is 2. The quantitative estimate of drug-likeness (QED) is 0.639. The number of rotatable bonds is 4. The van der Waals surface area contributed by atoms with Crippen molar-refractivity contribution in [3.8, 4) is 0 Å². The van der Waals surface area contributed by atoms with Gasteiger partial charge in [0.25, 0.3) is 5.91 Å². The molecule has 1 fully saturated rings. The van der Waals surface area contributed by atoms with E-state index in [1.165, 1.54) is 16.8 Å². The second-order valence-corrected chi connectivity index (χ2v) is 7.76. The normalized spacial score (nSPS) is 15.7. The summed E-state index contributed by atoms with van der Waals surface area (Å²) >= 11 is 6.59. The van der Waals surface area contributed by atoms with E-state index in [9.17, 15) is 4.79 Å². The molecular weight excluding hydrogens is 366 g/mol. The van der Waals surface area contributed by atoms with Gasteiger partial charge in [-0.25, -0.2) is 9.97 Å². The minimum Gasteiger partial charge on any atom is -0.378 e. The highest BCUT2D eigenvalue weighted by atomic mass is 32.2. The predicted molar refractivity (Wildman–Crippen MR) is 111 cm³/mol. The van der Waals surface area contributed by atoms with Gasteiger partial charge in [0.05, 0.1) is 4.91 Å². The van der Waals surface area contributed by atoms with E-state index in [0.717, 1.165) is 22.6 Å². The monoisotopic (exact) mass is 385 g/mol. The molecule has 1 aliphatic rings. The molecule has 0 bridgehead atoms. The van der Waals surface area contributed by atoms with Crippen LogP contribution in [0.3, 0.4) is 0 Å². The van der Waals surface area contributed by atoms with E-state index in [1.807, 2.05) is 69.3 Å². The second kappa shape index (κ2) is 7.43. The number of hydrazine groups is 1. The Hall–Kier alpha value is -2.45. The van der Waals surface area contributed by atoms with Crippen LogP contribution in [0.5, 0.6) is 0 Å². The average Bonchev–Trinajstić information content (AvgIpc) is 2.82. The van der Waals surface area contributed by atoms with Crippen molar-refractivity contribution in [2.75, 3.05) is 24.4 Å². The lowest BCUT2D eigenvalue weighted by molar-refractivity contribution is -0.121. The lowest BCUT2D eigenvalue weighted by Gasteiger charge is -2.16. The molecule has 1 saturated heterocycles. The highest BCUT2D eigenvalue weighted by Gasteiger charge is 2.33. The SMILES string of the molecule is Cc1cc(C)nc(NN2C(=O)/C(=C/c3ccc(N(C)C)cc3)SC2=S)n1. The molecular formula is C18H19N5OS2. The maximum absolute atomic E-state index is 12.7. The van der Waals surface area contributed by atoms with Gasteiger partial charge in [0.1, 0.15) is 0 Å². The van der Waals surface area contributed by atoms with Crippen molar-refractivity contribution in [1.82, 2.24) is 15.0 Å². The standard InChI is InChI=1S/C18H19N5OS2/c1-11-9-12(2)20-17(19-11)21-23-16(24)15(26-18(23)25)10-13-5-7-14(8-6-13)22(3)4/h5-10H,1-4H3,(H,19,20,21)/b15-10-. The third-order valence-electron chi connectivity index (χ3n) is 3.70. The molecule has 0 radical (unpaired) electrons. The van der Waals surface area contributed by atoms with Gasteiger partial charge in [0.15, 0.2) is 4.32 Å². The number of nitrogens with zero attached hydrogens (tertiary/aromatic N) is 4. The summed E-state index contributed by atoms with van der Waals surface area (Å²) in [6, 6.07) is 9.83. The molecule has 8 heteroatoms. The summed E-state index contributed by atoms with van der Waals surface area (Å²) in [5.41, 5.74) is 6.60. The Morgan fingerprint density at radius 3 is 2.35 bits per heavy atom. The van der Waals surface area contributed by atoms with Crippen LogP contribution in [-0.4, -0.2) is 39.3 Å². The summed E-state index contributed by atoms with van der Waals surface area (Å²) in [7, 11) is 3.97. The first-order valence-electron chi connectivity index (χ1n) is 7.98. The van der Waals surface area contributed by atoms with Gasteiger partial charge in [-0.05, 0) is 55.9 Å². The molecule has 3 rings (SSSR count). The molecule has 6 nitrogen and oxygen atoms in total. The van der Waals surface area contributed by atoms with E-state index in [-0.39, 0.29) is 5.91 Å². The molecule has 2 heterocycles. The van der Waals surface area contributed by atoms with Crippen molar-refractivity contribution in [3.05, 3.63) is 52.2 Å². The fraction of sp³-hybridized carbons (Fsp3) is 0.222. The summed E-state index contributed by atoms with van der Waals surface area (Å²) in [5, 5.41) is 1.31. The Labute approximate surface area is 162 Å². The highest BCUT2D eigenvalue weighted by Crippen LogP contribution is 2.32.